The van der Waals surface area contributed by atoms with E-state index in [1.54, 1.807) is 6.92 Å². The number of carbonyl (C=O) groups excluding carboxylic acids is 2. The van der Waals surface area contributed by atoms with Gasteiger partial charge in [0.15, 0.2) is 0 Å². The van der Waals surface area contributed by atoms with Crippen molar-refractivity contribution in [2.45, 2.75) is 24.8 Å². The smallest absolute Gasteiger partial charge is 0.356 e. The number of esters is 1. The molecule has 1 unspecified atom stereocenters. The van der Waals surface area contributed by atoms with Crippen LogP contribution in [0.5, 0.6) is 0 Å². The molecule has 0 saturated carbocycles. The van der Waals surface area contributed by atoms with Gasteiger partial charge in [0.05, 0.1) is 18.6 Å². The number of thioether (sulfide) groups is 1. The lowest BCUT2D eigenvalue weighted by molar-refractivity contribution is -0.158. The van der Waals surface area contributed by atoms with E-state index in [1.165, 1.54) is 22.7 Å². The first kappa shape index (κ1) is 15.6. The number of aliphatic hydroxyl groups excluding tert-OH is 1. The van der Waals surface area contributed by atoms with Gasteiger partial charge in [-0.2, -0.15) is 0 Å². The Balaban J connectivity index is 1.88. The minimum atomic E-state index is -0.731. The van der Waals surface area contributed by atoms with Crippen LogP contribution >= 0.6 is 11.8 Å². The number of hydrogen-bond donors (Lipinski definition) is 1. The Bertz CT molecular complexity index is 538. The molecule has 3 aliphatic heterocycles. The van der Waals surface area contributed by atoms with Crippen LogP contribution in [-0.4, -0.2) is 53.2 Å². The Kier molecular flexibility index (Phi) is 4.29. The molecule has 1 amide bonds. The molecule has 22 heavy (non-hydrogen) atoms. The van der Waals surface area contributed by atoms with Crippen molar-refractivity contribution in [3.05, 3.63) is 23.3 Å². The number of carbonyl (C=O) groups is 2. The Morgan fingerprint density at radius 3 is 3.05 bits per heavy atom. The molecule has 0 aromatic heterocycles. The van der Waals surface area contributed by atoms with E-state index in [-0.39, 0.29) is 23.8 Å². The summed E-state index contributed by atoms with van der Waals surface area (Å²) >= 11 is 1.49. The zero-order chi connectivity index (χ0) is 15.9. The van der Waals surface area contributed by atoms with E-state index in [9.17, 15) is 14.7 Å². The molecule has 4 atom stereocenters. The van der Waals surface area contributed by atoms with Crippen molar-refractivity contribution in [2.24, 2.45) is 11.8 Å². The highest BCUT2D eigenvalue weighted by Crippen LogP contribution is 2.53. The maximum atomic E-state index is 12.3. The fraction of sp³-hybridized carbons (Fsp3) is 0.600. The van der Waals surface area contributed by atoms with Crippen LogP contribution in [0.25, 0.3) is 0 Å². The quantitative estimate of drug-likeness (QED) is 0.459. The van der Waals surface area contributed by atoms with Crippen LogP contribution in [0, 0.1) is 11.8 Å². The van der Waals surface area contributed by atoms with Crippen LogP contribution in [0.2, 0.25) is 0 Å². The van der Waals surface area contributed by atoms with Crippen LogP contribution in [-0.2, 0) is 19.1 Å². The Morgan fingerprint density at radius 1 is 1.68 bits per heavy atom. The van der Waals surface area contributed by atoms with Gasteiger partial charge in [0, 0.05) is 17.4 Å². The van der Waals surface area contributed by atoms with Crippen LogP contribution in [0.4, 0.5) is 0 Å². The van der Waals surface area contributed by atoms with Gasteiger partial charge in [-0.1, -0.05) is 12.7 Å². The van der Waals surface area contributed by atoms with Gasteiger partial charge in [-0.15, -0.1) is 11.8 Å². The maximum absolute atomic E-state index is 12.3. The molecular weight excluding hydrogens is 306 g/mol. The SMILES string of the molecule is C=CCOC(=O)C1=C(C2CCOC2)S[C@@H]2[C@@H]([C@@H](C)O)C(=O)N12. The van der Waals surface area contributed by atoms with Gasteiger partial charge in [0.25, 0.3) is 0 Å². The van der Waals surface area contributed by atoms with E-state index in [0.717, 1.165) is 11.3 Å². The molecule has 120 valence electrons. The topological polar surface area (TPSA) is 76.1 Å². The van der Waals surface area contributed by atoms with Crippen LogP contribution in [0.1, 0.15) is 13.3 Å². The average Bonchev–Trinajstić information content (AvgIpc) is 3.09. The molecular formula is C15H19NO5S. The average molecular weight is 325 g/mol. The number of β-lactam (4-membered cyclic amide) rings is 1. The Morgan fingerprint density at radius 2 is 2.45 bits per heavy atom. The molecule has 3 rings (SSSR count). The number of amides is 1. The van der Waals surface area contributed by atoms with E-state index in [4.69, 9.17) is 9.47 Å². The van der Waals surface area contributed by atoms with Crippen molar-refractivity contribution >= 4 is 23.6 Å². The number of rotatable bonds is 5. The highest BCUT2D eigenvalue weighted by molar-refractivity contribution is 8.04. The molecule has 1 N–H and O–H groups in total. The molecule has 7 heteroatoms. The summed E-state index contributed by atoms with van der Waals surface area (Å²) < 4.78 is 10.5. The van der Waals surface area contributed by atoms with Gasteiger partial charge < -0.3 is 14.6 Å². The third-order valence-corrected chi connectivity index (χ3v) is 5.68. The molecule has 0 aliphatic carbocycles. The van der Waals surface area contributed by atoms with E-state index >= 15 is 0 Å². The van der Waals surface area contributed by atoms with Gasteiger partial charge >= 0.3 is 5.97 Å². The van der Waals surface area contributed by atoms with E-state index in [1.807, 2.05) is 0 Å². The molecule has 0 radical (unpaired) electrons. The Hall–Kier alpha value is -1.31. The number of fused-ring (bicyclic) bond motifs is 1. The molecule has 0 aromatic carbocycles. The van der Waals surface area contributed by atoms with Crippen molar-refractivity contribution in [1.82, 2.24) is 4.90 Å². The predicted octanol–water partition coefficient (Wildman–Crippen LogP) is 0.876. The second-order valence-electron chi connectivity index (χ2n) is 5.64. The molecule has 0 bridgehead atoms. The van der Waals surface area contributed by atoms with Crippen molar-refractivity contribution in [1.29, 1.82) is 0 Å². The lowest BCUT2D eigenvalue weighted by atomic mass is 9.91. The molecule has 6 nitrogen and oxygen atoms in total. The van der Waals surface area contributed by atoms with Gasteiger partial charge in [-0.05, 0) is 13.3 Å². The normalized spacial score (nSPS) is 31.8. The minimum Gasteiger partial charge on any atom is -0.457 e. The fourth-order valence-electron chi connectivity index (χ4n) is 3.03. The Labute approximate surface area is 133 Å². The van der Waals surface area contributed by atoms with E-state index in [0.29, 0.717) is 18.9 Å². The van der Waals surface area contributed by atoms with E-state index < -0.39 is 18.0 Å². The van der Waals surface area contributed by atoms with Gasteiger partial charge in [-0.25, -0.2) is 4.79 Å². The first-order chi connectivity index (χ1) is 10.6. The monoisotopic (exact) mass is 325 g/mol. The predicted molar refractivity (Wildman–Crippen MR) is 80.5 cm³/mol. The van der Waals surface area contributed by atoms with Gasteiger partial charge in [0.2, 0.25) is 5.91 Å². The molecule has 0 aromatic rings. The molecule has 3 heterocycles. The third kappa shape index (κ3) is 2.37. The maximum Gasteiger partial charge on any atom is 0.356 e. The van der Waals surface area contributed by atoms with Gasteiger partial charge in [0.1, 0.15) is 17.7 Å². The first-order valence-corrected chi connectivity index (χ1v) is 8.22. The number of ether oxygens (including phenoxy) is 2. The minimum absolute atomic E-state index is 0.105. The number of aliphatic hydroxyl groups is 1. The largest absolute Gasteiger partial charge is 0.457 e. The molecule has 0 spiro atoms. The summed E-state index contributed by atoms with van der Waals surface area (Å²) in [7, 11) is 0. The third-order valence-electron chi connectivity index (χ3n) is 4.15. The summed E-state index contributed by atoms with van der Waals surface area (Å²) in [6.45, 7) is 6.44. The van der Waals surface area contributed by atoms with Crippen LogP contribution in [0.15, 0.2) is 23.3 Å². The van der Waals surface area contributed by atoms with Gasteiger partial charge in [-0.3, -0.25) is 9.69 Å². The van der Waals surface area contributed by atoms with Crippen molar-refractivity contribution < 1.29 is 24.2 Å². The lowest BCUT2D eigenvalue weighted by Gasteiger charge is -2.43. The molecule has 3 aliphatic rings. The summed E-state index contributed by atoms with van der Waals surface area (Å²) in [5.41, 5.74) is 0.328. The van der Waals surface area contributed by atoms with Crippen molar-refractivity contribution in [2.75, 3.05) is 19.8 Å². The zero-order valence-electron chi connectivity index (χ0n) is 12.4. The van der Waals surface area contributed by atoms with Crippen LogP contribution in [0.3, 0.4) is 0 Å². The standard InChI is InChI=1S/C15H19NO5S/c1-3-5-21-15(19)11-12(9-4-6-20-7-9)22-14-10(8(2)17)13(18)16(11)14/h3,8-10,14,17H,1,4-7H2,2H3/t8-,9?,10+,14-/m1/s1. The first-order valence-electron chi connectivity index (χ1n) is 7.34. The summed E-state index contributed by atoms with van der Waals surface area (Å²) in [5.74, 6) is -1.07. The zero-order valence-corrected chi connectivity index (χ0v) is 13.2. The number of nitrogens with zero attached hydrogens (tertiary/aromatic N) is 1. The summed E-state index contributed by atoms with van der Waals surface area (Å²) in [5, 5.41) is 9.56. The summed E-state index contributed by atoms with van der Waals surface area (Å²) in [4.78, 5) is 27.0. The fourth-order valence-corrected chi connectivity index (χ4v) is 4.77. The summed E-state index contributed by atoms with van der Waals surface area (Å²) in [6, 6.07) is 0. The van der Waals surface area contributed by atoms with Crippen molar-refractivity contribution in [3.63, 3.8) is 0 Å². The second kappa shape index (κ2) is 6.06. The van der Waals surface area contributed by atoms with Crippen LogP contribution < -0.4 is 0 Å². The highest BCUT2D eigenvalue weighted by atomic mass is 32.2. The highest BCUT2D eigenvalue weighted by Gasteiger charge is 2.58. The molecule has 2 saturated heterocycles. The lowest BCUT2D eigenvalue weighted by Crippen LogP contribution is -2.60. The molecule has 2 fully saturated rings. The van der Waals surface area contributed by atoms with Crippen molar-refractivity contribution in [3.8, 4) is 0 Å². The summed E-state index contributed by atoms with van der Waals surface area (Å²) in [6.07, 6.45) is 1.59. The van der Waals surface area contributed by atoms with E-state index in [2.05, 4.69) is 6.58 Å². The number of hydrogen-bond acceptors (Lipinski definition) is 6. The second-order valence-corrected chi connectivity index (χ2v) is 6.80.